The number of halogens is 2. The highest BCUT2D eigenvalue weighted by Gasteiger charge is 2.33. The minimum Gasteiger partial charge on any atom is -0.348 e. The van der Waals surface area contributed by atoms with E-state index < -0.39 is 15.1 Å². The molecule has 2 aromatic carbocycles. The van der Waals surface area contributed by atoms with Crippen LogP contribution in [0, 0.1) is 0 Å². The number of hydrogen-bond donors (Lipinski definition) is 0. The molecule has 1 aliphatic heterocycles. The van der Waals surface area contributed by atoms with Crippen LogP contribution >= 0.6 is 34.5 Å². The van der Waals surface area contributed by atoms with Gasteiger partial charge in [0.15, 0.2) is 15.0 Å². The Balaban J connectivity index is 1.38. The van der Waals surface area contributed by atoms with Gasteiger partial charge in [0, 0.05) is 24.9 Å². The summed E-state index contributed by atoms with van der Waals surface area (Å²) in [5.74, 6) is 0. The first-order chi connectivity index (χ1) is 15.4. The number of benzene rings is 2. The Hall–Kier alpha value is -1.60. The van der Waals surface area contributed by atoms with Gasteiger partial charge in [0.05, 0.1) is 25.9 Å². The Labute approximate surface area is 204 Å². The lowest BCUT2D eigenvalue weighted by molar-refractivity contribution is 0.529. The van der Waals surface area contributed by atoms with Crippen molar-refractivity contribution >= 4 is 49.5 Å². The molecule has 0 amide bonds. The smallest absolute Gasteiger partial charge is 0.185 e. The predicted molar refractivity (Wildman–Crippen MR) is 134 cm³/mol. The normalized spacial score (nSPS) is 15.3. The Morgan fingerprint density at radius 1 is 1.06 bits per heavy atom. The van der Waals surface area contributed by atoms with E-state index in [0.717, 1.165) is 30.1 Å². The summed E-state index contributed by atoms with van der Waals surface area (Å²) in [7, 11) is -3.52. The van der Waals surface area contributed by atoms with Gasteiger partial charge in [-0.25, -0.2) is 13.4 Å². The van der Waals surface area contributed by atoms with Crippen LogP contribution in [-0.2, 0) is 22.7 Å². The van der Waals surface area contributed by atoms with Crippen molar-refractivity contribution in [2.24, 2.45) is 0 Å². The fourth-order valence-electron chi connectivity index (χ4n) is 4.09. The van der Waals surface area contributed by atoms with Crippen LogP contribution in [-0.4, -0.2) is 31.7 Å². The third kappa shape index (κ3) is 5.14. The first kappa shape index (κ1) is 23.6. The van der Waals surface area contributed by atoms with Crippen LogP contribution in [0.1, 0.15) is 43.0 Å². The molecule has 1 fully saturated rings. The second-order valence-electron chi connectivity index (χ2n) is 8.15. The maximum absolute atomic E-state index is 13.1. The van der Waals surface area contributed by atoms with Crippen molar-refractivity contribution in [2.45, 2.75) is 49.2 Å². The van der Waals surface area contributed by atoms with Crippen molar-refractivity contribution in [3.63, 3.8) is 0 Å². The van der Waals surface area contributed by atoms with Crippen molar-refractivity contribution in [1.29, 1.82) is 0 Å². The molecule has 0 aliphatic carbocycles. The van der Waals surface area contributed by atoms with Gasteiger partial charge in [-0.1, -0.05) is 66.9 Å². The quantitative estimate of drug-likeness (QED) is 0.368. The summed E-state index contributed by atoms with van der Waals surface area (Å²) < 4.78 is 26.2. The van der Waals surface area contributed by atoms with Gasteiger partial charge in [0.1, 0.15) is 0 Å². The maximum atomic E-state index is 13.1. The van der Waals surface area contributed by atoms with Gasteiger partial charge in [0.2, 0.25) is 0 Å². The molecule has 4 nitrogen and oxygen atoms in total. The standard InChI is InChI=1S/C24H26Cl2N2O2S2/c1-2-4-17-7-9-18(10-8-17)15-19-16-31-24(27-19)28-13-11-20(12-14-28)32(29,30)22-6-3-5-21(25)23(22)26/h3,5-10,16,20H,2,4,11-15H2,1H3. The maximum Gasteiger partial charge on any atom is 0.185 e. The van der Waals surface area contributed by atoms with Gasteiger partial charge in [-0.3, -0.25) is 0 Å². The minimum absolute atomic E-state index is 0.115. The van der Waals surface area contributed by atoms with E-state index in [9.17, 15) is 8.42 Å². The van der Waals surface area contributed by atoms with Crippen molar-refractivity contribution in [2.75, 3.05) is 18.0 Å². The average molecular weight is 510 g/mol. The number of piperidine rings is 1. The SMILES string of the molecule is CCCc1ccc(Cc2csc(N3CCC(S(=O)(=O)c4cccc(Cl)c4Cl)CC3)n2)cc1. The van der Waals surface area contributed by atoms with Gasteiger partial charge in [0.25, 0.3) is 0 Å². The number of rotatable bonds is 7. The van der Waals surface area contributed by atoms with Crippen molar-refractivity contribution in [3.8, 4) is 0 Å². The summed E-state index contributed by atoms with van der Waals surface area (Å²) in [4.78, 5) is 7.13. The molecule has 4 rings (SSSR count). The van der Waals surface area contributed by atoms with E-state index in [1.807, 2.05) is 0 Å². The number of nitrogens with zero attached hydrogens (tertiary/aromatic N) is 2. The second kappa shape index (κ2) is 10.1. The summed E-state index contributed by atoms with van der Waals surface area (Å²) in [6.45, 7) is 3.50. The average Bonchev–Trinajstić information content (AvgIpc) is 3.25. The van der Waals surface area contributed by atoms with E-state index in [1.54, 1.807) is 23.5 Å². The first-order valence-electron chi connectivity index (χ1n) is 10.8. The van der Waals surface area contributed by atoms with Crippen LogP contribution in [0.2, 0.25) is 10.0 Å². The Morgan fingerprint density at radius 3 is 2.44 bits per heavy atom. The summed E-state index contributed by atoms with van der Waals surface area (Å²) in [6, 6.07) is 13.5. The predicted octanol–water partition coefficient (Wildman–Crippen LogP) is 6.44. The number of aryl methyl sites for hydroxylation is 1. The number of aromatic nitrogens is 1. The monoisotopic (exact) mass is 508 g/mol. The molecule has 0 atom stereocenters. The largest absolute Gasteiger partial charge is 0.348 e. The van der Waals surface area contributed by atoms with E-state index in [4.69, 9.17) is 28.2 Å². The highest BCUT2D eigenvalue weighted by atomic mass is 35.5. The van der Waals surface area contributed by atoms with Crippen LogP contribution in [0.25, 0.3) is 0 Å². The van der Waals surface area contributed by atoms with Crippen LogP contribution < -0.4 is 4.90 Å². The molecule has 0 radical (unpaired) electrons. The number of hydrogen-bond acceptors (Lipinski definition) is 5. The first-order valence-corrected chi connectivity index (χ1v) is 14.0. The fraction of sp³-hybridized carbons (Fsp3) is 0.375. The third-order valence-electron chi connectivity index (χ3n) is 5.86. The Bertz CT molecular complexity index is 1170. The van der Waals surface area contributed by atoms with Gasteiger partial charge < -0.3 is 4.90 Å². The highest BCUT2D eigenvalue weighted by Crippen LogP contribution is 2.35. The summed E-state index contributed by atoms with van der Waals surface area (Å²) in [5, 5.41) is 2.98. The Kier molecular flexibility index (Phi) is 7.45. The molecule has 170 valence electrons. The highest BCUT2D eigenvalue weighted by molar-refractivity contribution is 7.92. The number of sulfone groups is 1. The number of thiazole rings is 1. The lowest BCUT2D eigenvalue weighted by Gasteiger charge is -2.31. The Morgan fingerprint density at radius 2 is 1.75 bits per heavy atom. The third-order valence-corrected chi connectivity index (χ3v) is 10.0. The molecule has 1 aromatic heterocycles. The molecule has 3 aromatic rings. The lowest BCUT2D eigenvalue weighted by Crippen LogP contribution is -2.39. The molecule has 0 saturated carbocycles. The van der Waals surface area contributed by atoms with Crippen molar-refractivity contribution in [3.05, 3.63) is 74.7 Å². The molecule has 2 heterocycles. The van der Waals surface area contributed by atoms with Crippen molar-refractivity contribution < 1.29 is 8.42 Å². The van der Waals surface area contributed by atoms with Crippen LogP contribution in [0.15, 0.2) is 52.7 Å². The van der Waals surface area contributed by atoms with Gasteiger partial charge >= 0.3 is 0 Å². The van der Waals surface area contributed by atoms with E-state index in [1.165, 1.54) is 17.2 Å². The minimum atomic E-state index is -3.52. The topological polar surface area (TPSA) is 50.3 Å². The van der Waals surface area contributed by atoms with E-state index in [2.05, 4.69) is 41.5 Å². The van der Waals surface area contributed by atoms with E-state index in [0.29, 0.717) is 25.9 Å². The summed E-state index contributed by atoms with van der Waals surface area (Å²) in [6.07, 6.45) is 4.15. The summed E-state index contributed by atoms with van der Waals surface area (Å²) >= 11 is 13.8. The molecule has 1 aliphatic rings. The van der Waals surface area contributed by atoms with E-state index >= 15 is 0 Å². The van der Waals surface area contributed by atoms with Crippen LogP contribution in [0.5, 0.6) is 0 Å². The van der Waals surface area contributed by atoms with Gasteiger partial charge in [-0.05, 0) is 42.5 Å². The molecular formula is C24H26Cl2N2O2S2. The zero-order chi connectivity index (χ0) is 22.7. The molecule has 0 spiro atoms. The van der Waals surface area contributed by atoms with Gasteiger partial charge in [-0.15, -0.1) is 11.3 Å². The molecule has 0 N–H and O–H groups in total. The molecular weight excluding hydrogens is 483 g/mol. The van der Waals surface area contributed by atoms with Crippen LogP contribution in [0.3, 0.4) is 0 Å². The molecule has 32 heavy (non-hydrogen) atoms. The van der Waals surface area contributed by atoms with Crippen molar-refractivity contribution in [1.82, 2.24) is 4.98 Å². The van der Waals surface area contributed by atoms with E-state index in [-0.39, 0.29) is 14.9 Å². The zero-order valence-corrected chi connectivity index (χ0v) is 21.1. The number of anilines is 1. The van der Waals surface area contributed by atoms with Crippen LogP contribution in [0.4, 0.5) is 5.13 Å². The lowest BCUT2D eigenvalue weighted by atomic mass is 10.1. The molecule has 1 saturated heterocycles. The second-order valence-corrected chi connectivity index (χ2v) is 12.0. The fourth-order valence-corrected chi connectivity index (χ4v) is 7.46. The molecule has 0 unspecified atom stereocenters. The summed E-state index contributed by atoms with van der Waals surface area (Å²) in [5.41, 5.74) is 3.67. The zero-order valence-electron chi connectivity index (χ0n) is 17.9. The van der Waals surface area contributed by atoms with Gasteiger partial charge in [-0.2, -0.15) is 0 Å². The molecule has 0 bridgehead atoms. The molecule has 8 heteroatoms.